The maximum atomic E-state index is 13.4. The number of likely N-dealkylation sites (tertiary alicyclic amines) is 1. The Morgan fingerprint density at radius 1 is 1.12 bits per heavy atom. The van der Waals surface area contributed by atoms with Gasteiger partial charge in [0.15, 0.2) is 6.29 Å². The van der Waals surface area contributed by atoms with Gasteiger partial charge >= 0.3 is 6.09 Å². The van der Waals surface area contributed by atoms with E-state index >= 15 is 0 Å². The second-order valence-corrected chi connectivity index (χ2v) is 11.8. The molecule has 0 spiro atoms. The third-order valence-corrected chi connectivity index (χ3v) is 6.94. The van der Waals surface area contributed by atoms with Gasteiger partial charge in [-0.2, -0.15) is 0 Å². The lowest BCUT2D eigenvalue weighted by atomic mass is 10.2. The number of pyridine rings is 1. The predicted molar refractivity (Wildman–Crippen MR) is 159 cm³/mol. The van der Waals surface area contributed by atoms with Crippen molar-refractivity contribution < 1.29 is 23.9 Å². The number of carbonyl (C=O) groups excluding carboxylic acids is 2. The second kappa shape index (κ2) is 13.9. The van der Waals surface area contributed by atoms with Crippen LogP contribution in [0.25, 0.3) is 6.08 Å². The summed E-state index contributed by atoms with van der Waals surface area (Å²) in [5.74, 6) is 0.127. The van der Waals surface area contributed by atoms with Crippen LogP contribution in [0.2, 0.25) is 0 Å². The Hall–Kier alpha value is -3.47. The van der Waals surface area contributed by atoms with Crippen molar-refractivity contribution in [2.45, 2.75) is 70.9 Å². The van der Waals surface area contributed by atoms with E-state index in [1.54, 1.807) is 23.2 Å². The summed E-state index contributed by atoms with van der Waals surface area (Å²) < 4.78 is 11.2. The molecule has 10 heteroatoms. The first-order chi connectivity index (χ1) is 19.6. The summed E-state index contributed by atoms with van der Waals surface area (Å²) in [5.41, 5.74) is 4.88. The zero-order valence-electron chi connectivity index (χ0n) is 24.8. The highest BCUT2D eigenvalue weighted by molar-refractivity contribution is 5.91. The van der Waals surface area contributed by atoms with Crippen molar-refractivity contribution in [3.63, 3.8) is 0 Å². The van der Waals surface area contributed by atoms with Crippen molar-refractivity contribution in [1.29, 1.82) is 0 Å². The van der Waals surface area contributed by atoms with Crippen molar-refractivity contribution in [1.82, 2.24) is 15.4 Å². The minimum Gasteiger partial charge on any atom is -0.443 e. The molecule has 2 aliphatic heterocycles. The first kappa shape index (κ1) is 30.5. The number of carbonyl (C=O) groups is 2. The van der Waals surface area contributed by atoms with Crippen LogP contribution in [0.15, 0.2) is 48.7 Å². The molecule has 2 atom stereocenters. The van der Waals surface area contributed by atoms with Crippen LogP contribution in [0, 0.1) is 0 Å². The van der Waals surface area contributed by atoms with E-state index in [9.17, 15) is 9.59 Å². The van der Waals surface area contributed by atoms with E-state index in [-0.39, 0.29) is 11.9 Å². The number of nitrogens with one attached hydrogen (secondary N) is 1. The van der Waals surface area contributed by atoms with Gasteiger partial charge in [-0.15, -0.1) is 0 Å². The first-order valence-electron chi connectivity index (χ1n) is 14.3. The fourth-order valence-corrected chi connectivity index (χ4v) is 4.84. The lowest BCUT2D eigenvalue weighted by molar-refractivity contribution is -0.198. The highest BCUT2D eigenvalue weighted by Crippen LogP contribution is 2.26. The van der Waals surface area contributed by atoms with E-state index in [1.807, 2.05) is 40.9 Å². The molecule has 0 saturated carbocycles. The summed E-state index contributed by atoms with van der Waals surface area (Å²) in [6, 6.07) is 12.1. The summed E-state index contributed by atoms with van der Waals surface area (Å²) in [6.45, 7) is 8.60. The molecule has 1 aromatic carbocycles. The summed E-state index contributed by atoms with van der Waals surface area (Å²) >= 11 is 0. The molecule has 2 amide bonds. The molecule has 2 fully saturated rings. The minimum absolute atomic E-state index is 0.0790. The van der Waals surface area contributed by atoms with Gasteiger partial charge in [-0.25, -0.2) is 20.1 Å². The molecule has 2 aliphatic rings. The monoisotopic (exact) mass is 565 g/mol. The van der Waals surface area contributed by atoms with Crippen LogP contribution in [0.3, 0.4) is 0 Å². The van der Waals surface area contributed by atoms with E-state index in [0.29, 0.717) is 19.0 Å². The first-order valence-corrected chi connectivity index (χ1v) is 14.3. The van der Waals surface area contributed by atoms with E-state index < -0.39 is 18.0 Å². The van der Waals surface area contributed by atoms with Gasteiger partial charge in [0.1, 0.15) is 11.4 Å². The predicted octanol–water partition coefficient (Wildman–Crippen LogP) is 4.75. The number of ether oxygens (including phenoxy) is 2. The zero-order valence-corrected chi connectivity index (χ0v) is 24.8. The van der Waals surface area contributed by atoms with Gasteiger partial charge in [-0.1, -0.05) is 12.1 Å². The number of anilines is 2. The third-order valence-electron chi connectivity index (χ3n) is 6.94. The van der Waals surface area contributed by atoms with Crippen molar-refractivity contribution in [2.24, 2.45) is 0 Å². The van der Waals surface area contributed by atoms with E-state index in [0.717, 1.165) is 50.0 Å². The summed E-state index contributed by atoms with van der Waals surface area (Å²) in [6.07, 6.45) is 7.42. The van der Waals surface area contributed by atoms with E-state index in [4.69, 9.17) is 14.3 Å². The minimum atomic E-state index is -0.636. The van der Waals surface area contributed by atoms with Crippen molar-refractivity contribution >= 4 is 29.6 Å². The quantitative estimate of drug-likeness (QED) is 0.344. The van der Waals surface area contributed by atoms with Gasteiger partial charge < -0.3 is 14.4 Å². The lowest BCUT2D eigenvalue weighted by Gasteiger charge is -2.31. The Morgan fingerprint density at radius 2 is 1.90 bits per heavy atom. The Kier molecular flexibility index (Phi) is 10.4. The molecule has 1 N–H and O–H groups in total. The molecule has 0 aliphatic carbocycles. The SMILES string of the molecule is CN(C)c1ccc(CN2CC[C@@H](N(C(=O)OC(C)(C)C)c3ccc(C=CC(=O)NOC4CCCCO4)cn3)C2)cc1. The van der Waals surface area contributed by atoms with Gasteiger partial charge in [0.25, 0.3) is 5.91 Å². The van der Waals surface area contributed by atoms with Gasteiger partial charge in [-0.3, -0.25) is 14.6 Å². The molecule has 1 aromatic heterocycles. The lowest BCUT2D eigenvalue weighted by Crippen LogP contribution is -2.45. The third kappa shape index (κ3) is 9.27. The van der Waals surface area contributed by atoms with Crippen LogP contribution in [0.4, 0.5) is 16.3 Å². The molecule has 1 unspecified atom stereocenters. The number of amides is 2. The van der Waals surface area contributed by atoms with Crippen LogP contribution < -0.4 is 15.3 Å². The fraction of sp³-hybridized carbons (Fsp3) is 0.516. The van der Waals surface area contributed by atoms with E-state index in [1.165, 1.54) is 11.6 Å². The van der Waals surface area contributed by atoms with Gasteiger partial charge in [-0.05, 0) is 81.5 Å². The average Bonchev–Trinajstić information content (AvgIpc) is 3.39. The molecule has 0 bridgehead atoms. The molecular formula is C31H43N5O5. The Morgan fingerprint density at radius 3 is 2.54 bits per heavy atom. The standard InChI is InChI=1S/C31H43N5O5/c1-31(2,3)40-30(38)36(26-17-18-35(22-26)21-24-9-13-25(14-10-24)34(4)5)27-15-11-23(20-32-27)12-16-28(37)33-41-29-8-6-7-19-39-29/h9-16,20,26,29H,6-8,17-19,21-22H2,1-5H3,(H,33,37)/t26-,29?/m1/s1. The fourth-order valence-electron chi connectivity index (χ4n) is 4.84. The molecule has 2 saturated heterocycles. The van der Waals surface area contributed by atoms with Crippen LogP contribution in [0.1, 0.15) is 57.6 Å². The number of hydroxylamine groups is 1. The maximum Gasteiger partial charge on any atom is 0.416 e. The van der Waals surface area contributed by atoms with Crippen molar-refractivity contribution in [3.8, 4) is 0 Å². The van der Waals surface area contributed by atoms with Crippen LogP contribution in [-0.2, 0) is 25.7 Å². The maximum absolute atomic E-state index is 13.4. The number of nitrogens with zero attached hydrogens (tertiary/aromatic N) is 4. The van der Waals surface area contributed by atoms with Crippen molar-refractivity contribution in [3.05, 3.63) is 59.8 Å². The number of benzene rings is 1. The largest absolute Gasteiger partial charge is 0.443 e. The van der Waals surface area contributed by atoms with Crippen LogP contribution in [-0.4, -0.2) is 73.6 Å². The van der Waals surface area contributed by atoms with Gasteiger partial charge in [0.2, 0.25) is 0 Å². The number of hydrogen-bond donors (Lipinski definition) is 1. The zero-order chi connectivity index (χ0) is 29.4. The molecule has 2 aromatic rings. The molecule has 0 radical (unpaired) electrons. The number of hydrogen-bond acceptors (Lipinski definition) is 8. The Balaban J connectivity index is 1.39. The van der Waals surface area contributed by atoms with Crippen LogP contribution >= 0.6 is 0 Å². The second-order valence-electron chi connectivity index (χ2n) is 11.8. The number of aromatic nitrogens is 1. The highest BCUT2D eigenvalue weighted by atomic mass is 16.8. The van der Waals surface area contributed by atoms with E-state index in [2.05, 4.69) is 44.5 Å². The molecule has 41 heavy (non-hydrogen) atoms. The Labute approximate surface area is 243 Å². The molecule has 222 valence electrons. The topological polar surface area (TPSA) is 96.5 Å². The van der Waals surface area contributed by atoms with Crippen LogP contribution in [0.5, 0.6) is 0 Å². The molecule has 3 heterocycles. The van der Waals surface area contributed by atoms with Gasteiger partial charge in [0.05, 0.1) is 6.04 Å². The molecular weight excluding hydrogens is 522 g/mol. The summed E-state index contributed by atoms with van der Waals surface area (Å²) in [4.78, 5) is 41.5. The normalized spacial score (nSPS) is 19.7. The average molecular weight is 566 g/mol. The highest BCUT2D eigenvalue weighted by Gasteiger charge is 2.35. The Bertz CT molecular complexity index is 1170. The van der Waals surface area contributed by atoms with Crippen molar-refractivity contribution in [2.75, 3.05) is 43.6 Å². The van der Waals surface area contributed by atoms with Gasteiger partial charge in [0, 0.05) is 64.7 Å². The smallest absolute Gasteiger partial charge is 0.416 e. The molecule has 10 nitrogen and oxygen atoms in total. The summed E-state index contributed by atoms with van der Waals surface area (Å²) in [7, 11) is 4.06. The summed E-state index contributed by atoms with van der Waals surface area (Å²) in [5, 5.41) is 0. The molecule has 4 rings (SSSR count). The number of rotatable bonds is 9.